The molecule has 1 amide bonds. The summed E-state index contributed by atoms with van der Waals surface area (Å²) in [6, 6.07) is 13.3. The van der Waals surface area contributed by atoms with Gasteiger partial charge < -0.3 is 4.90 Å². The number of amides is 1. The molecule has 0 saturated carbocycles. The van der Waals surface area contributed by atoms with Gasteiger partial charge in [0.25, 0.3) is 5.56 Å². The maximum atomic E-state index is 13.3. The van der Waals surface area contributed by atoms with E-state index in [1.54, 1.807) is 10.6 Å². The van der Waals surface area contributed by atoms with Crippen LogP contribution in [0.3, 0.4) is 0 Å². The van der Waals surface area contributed by atoms with Crippen LogP contribution in [0.1, 0.15) is 24.8 Å². The van der Waals surface area contributed by atoms with E-state index in [-0.39, 0.29) is 17.2 Å². The van der Waals surface area contributed by atoms with Crippen molar-refractivity contribution in [2.75, 3.05) is 18.8 Å². The second kappa shape index (κ2) is 8.71. The fourth-order valence-corrected chi connectivity index (χ4v) is 4.79. The van der Waals surface area contributed by atoms with E-state index in [9.17, 15) is 9.59 Å². The third kappa shape index (κ3) is 4.41. The highest BCUT2D eigenvalue weighted by Crippen LogP contribution is 2.24. The van der Waals surface area contributed by atoms with Gasteiger partial charge in [0.15, 0.2) is 5.16 Å². The third-order valence-corrected chi connectivity index (χ3v) is 6.54. The van der Waals surface area contributed by atoms with Gasteiger partial charge in [-0.2, -0.15) is 0 Å². The number of likely N-dealkylation sites (tertiary alicyclic amines) is 1. The lowest BCUT2D eigenvalue weighted by Gasteiger charge is -2.26. The molecule has 7 heteroatoms. The van der Waals surface area contributed by atoms with Crippen molar-refractivity contribution in [1.82, 2.24) is 14.5 Å². The summed E-state index contributed by atoms with van der Waals surface area (Å²) in [7, 11) is 0. The first-order valence-corrected chi connectivity index (χ1v) is 11.5. The molecule has 5 nitrogen and oxygen atoms in total. The van der Waals surface area contributed by atoms with Crippen molar-refractivity contribution in [3.8, 4) is 5.69 Å². The number of halogens is 1. The van der Waals surface area contributed by atoms with Gasteiger partial charge in [0.2, 0.25) is 5.91 Å². The molecule has 2 aromatic carbocycles. The number of hydrogen-bond donors (Lipinski definition) is 0. The Morgan fingerprint density at radius 2 is 1.83 bits per heavy atom. The quantitative estimate of drug-likeness (QED) is 0.413. The van der Waals surface area contributed by atoms with Crippen LogP contribution in [0.15, 0.2) is 56.9 Å². The molecule has 1 aromatic heterocycles. The lowest BCUT2D eigenvalue weighted by atomic mass is 10.1. The highest BCUT2D eigenvalue weighted by molar-refractivity contribution is 9.10. The summed E-state index contributed by atoms with van der Waals surface area (Å²) in [5, 5.41) is 1.09. The van der Waals surface area contributed by atoms with Crippen LogP contribution in [0.2, 0.25) is 0 Å². The Hall–Kier alpha value is -2.12. The number of rotatable bonds is 4. The fourth-order valence-electron chi connectivity index (χ4n) is 3.52. The number of nitrogens with zero attached hydrogens (tertiary/aromatic N) is 3. The van der Waals surface area contributed by atoms with Gasteiger partial charge in [0.1, 0.15) is 0 Å². The Kier molecular flexibility index (Phi) is 6.06. The van der Waals surface area contributed by atoms with Crippen LogP contribution in [0.4, 0.5) is 0 Å². The lowest BCUT2D eigenvalue weighted by Crippen LogP contribution is -2.36. The first-order chi connectivity index (χ1) is 14.0. The number of carbonyl (C=O) groups excluding carboxylic acids is 1. The number of piperidine rings is 1. The lowest BCUT2D eigenvalue weighted by molar-refractivity contribution is -0.129. The Morgan fingerprint density at radius 3 is 2.55 bits per heavy atom. The van der Waals surface area contributed by atoms with Crippen LogP contribution in [0, 0.1) is 6.92 Å². The van der Waals surface area contributed by atoms with Crippen molar-refractivity contribution in [1.29, 1.82) is 0 Å². The molecule has 1 saturated heterocycles. The van der Waals surface area contributed by atoms with Gasteiger partial charge >= 0.3 is 0 Å². The number of carbonyl (C=O) groups is 1. The number of benzene rings is 2. The molecule has 2 heterocycles. The van der Waals surface area contributed by atoms with E-state index in [2.05, 4.69) is 15.9 Å². The third-order valence-electron chi connectivity index (χ3n) is 5.13. The summed E-state index contributed by atoms with van der Waals surface area (Å²) in [5.74, 6) is 0.385. The predicted molar refractivity (Wildman–Crippen MR) is 121 cm³/mol. The molecular formula is C22H22BrN3O2S. The summed E-state index contributed by atoms with van der Waals surface area (Å²) >= 11 is 4.77. The zero-order valence-corrected chi connectivity index (χ0v) is 18.6. The van der Waals surface area contributed by atoms with Crippen molar-refractivity contribution in [3.63, 3.8) is 0 Å². The molecule has 0 unspecified atom stereocenters. The highest BCUT2D eigenvalue weighted by atomic mass is 79.9. The van der Waals surface area contributed by atoms with Crippen LogP contribution in [-0.4, -0.2) is 39.2 Å². The highest BCUT2D eigenvalue weighted by Gasteiger charge is 2.19. The van der Waals surface area contributed by atoms with E-state index in [0.29, 0.717) is 16.1 Å². The van der Waals surface area contributed by atoms with Gasteiger partial charge in [-0.15, -0.1) is 0 Å². The topological polar surface area (TPSA) is 55.2 Å². The van der Waals surface area contributed by atoms with Crippen molar-refractivity contribution in [2.45, 2.75) is 31.3 Å². The summed E-state index contributed by atoms with van der Waals surface area (Å²) in [6.45, 7) is 3.65. The van der Waals surface area contributed by atoms with Crippen LogP contribution < -0.4 is 5.56 Å². The monoisotopic (exact) mass is 471 g/mol. The van der Waals surface area contributed by atoms with E-state index in [0.717, 1.165) is 41.7 Å². The van der Waals surface area contributed by atoms with Gasteiger partial charge in [0, 0.05) is 17.6 Å². The van der Waals surface area contributed by atoms with E-state index in [1.165, 1.54) is 18.2 Å². The average molecular weight is 472 g/mol. The Labute approximate surface area is 182 Å². The number of thioether (sulfide) groups is 1. The number of aryl methyl sites for hydroxylation is 1. The molecule has 0 N–H and O–H groups in total. The van der Waals surface area contributed by atoms with Crippen LogP contribution in [0.5, 0.6) is 0 Å². The maximum absolute atomic E-state index is 13.3. The zero-order chi connectivity index (χ0) is 20.4. The molecule has 3 aromatic rings. The average Bonchev–Trinajstić information content (AvgIpc) is 2.74. The number of fused-ring (bicyclic) bond motifs is 1. The second-order valence-electron chi connectivity index (χ2n) is 7.26. The van der Waals surface area contributed by atoms with Crippen LogP contribution >= 0.6 is 27.7 Å². The molecule has 1 aliphatic heterocycles. The molecule has 29 heavy (non-hydrogen) atoms. The predicted octanol–water partition coefficient (Wildman–Crippen LogP) is 4.56. The molecule has 0 radical (unpaired) electrons. The number of hydrogen-bond acceptors (Lipinski definition) is 4. The van der Waals surface area contributed by atoms with E-state index < -0.39 is 0 Å². The van der Waals surface area contributed by atoms with Crippen molar-refractivity contribution >= 4 is 44.5 Å². The molecule has 150 valence electrons. The van der Waals surface area contributed by atoms with Crippen LogP contribution in [-0.2, 0) is 4.79 Å². The maximum Gasteiger partial charge on any atom is 0.266 e. The zero-order valence-electron chi connectivity index (χ0n) is 16.2. The first-order valence-electron chi connectivity index (χ1n) is 9.73. The Morgan fingerprint density at radius 1 is 1.10 bits per heavy atom. The van der Waals surface area contributed by atoms with Gasteiger partial charge in [-0.3, -0.25) is 14.2 Å². The summed E-state index contributed by atoms with van der Waals surface area (Å²) in [5.41, 5.74) is 2.37. The van der Waals surface area contributed by atoms with Crippen LogP contribution in [0.25, 0.3) is 16.6 Å². The Balaban J connectivity index is 1.73. The molecule has 0 bridgehead atoms. The molecular weight excluding hydrogens is 450 g/mol. The molecule has 1 fully saturated rings. The minimum atomic E-state index is -0.131. The molecule has 0 spiro atoms. The Bertz CT molecular complexity index is 1110. The largest absolute Gasteiger partial charge is 0.342 e. The van der Waals surface area contributed by atoms with E-state index in [4.69, 9.17) is 4.98 Å². The molecule has 4 rings (SSSR count). The van der Waals surface area contributed by atoms with E-state index in [1.807, 2.05) is 48.2 Å². The second-order valence-corrected chi connectivity index (χ2v) is 9.12. The summed E-state index contributed by atoms with van der Waals surface area (Å²) < 4.78 is 2.45. The van der Waals surface area contributed by atoms with E-state index >= 15 is 0 Å². The molecule has 1 aliphatic rings. The van der Waals surface area contributed by atoms with Crippen molar-refractivity contribution in [2.24, 2.45) is 0 Å². The smallest absolute Gasteiger partial charge is 0.266 e. The first kappa shape index (κ1) is 20.2. The van der Waals surface area contributed by atoms with Gasteiger partial charge in [-0.25, -0.2) is 4.98 Å². The SMILES string of the molecule is Cc1ccc(-n2c(SCC(=O)N3CCCCC3)nc3ccc(Br)cc3c2=O)cc1. The van der Waals surface area contributed by atoms with Gasteiger partial charge in [-0.1, -0.05) is 45.4 Å². The molecule has 0 atom stereocenters. The minimum absolute atomic E-state index is 0.107. The van der Waals surface area contributed by atoms with Crippen molar-refractivity contribution < 1.29 is 4.79 Å². The van der Waals surface area contributed by atoms with Gasteiger partial charge in [0.05, 0.1) is 22.3 Å². The normalized spacial score (nSPS) is 14.3. The van der Waals surface area contributed by atoms with Crippen molar-refractivity contribution in [3.05, 3.63) is 62.9 Å². The van der Waals surface area contributed by atoms with Gasteiger partial charge in [-0.05, 0) is 56.5 Å². The minimum Gasteiger partial charge on any atom is -0.342 e. The number of aromatic nitrogens is 2. The fraction of sp³-hybridized carbons (Fsp3) is 0.318. The molecule has 0 aliphatic carbocycles. The summed E-state index contributed by atoms with van der Waals surface area (Å²) in [4.78, 5) is 32.6. The summed E-state index contributed by atoms with van der Waals surface area (Å²) in [6.07, 6.45) is 3.31. The standard InChI is InChI=1S/C22H22BrN3O2S/c1-15-5-8-17(9-6-15)26-21(28)18-13-16(23)7-10-19(18)24-22(26)29-14-20(27)25-11-3-2-4-12-25/h5-10,13H,2-4,11-12,14H2,1H3.